The Bertz CT molecular complexity index is 1130. The summed E-state index contributed by atoms with van der Waals surface area (Å²) < 4.78 is 25.8. The predicted molar refractivity (Wildman–Crippen MR) is 121 cm³/mol. The molecule has 1 aromatic heterocycles. The number of nitrogens with zero attached hydrogens (tertiary/aromatic N) is 2. The lowest BCUT2D eigenvalue weighted by Crippen LogP contribution is -2.28. The molecule has 0 bridgehead atoms. The molecule has 0 spiro atoms. The van der Waals surface area contributed by atoms with Crippen molar-refractivity contribution in [2.24, 2.45) is 0 Å². The molecule has 3 rings (SSSR count). The van der Waals surface area contributed by atoms with Crippen LogP contribution in [0.25, 0.3) is 16.9 Å². The Morgan fingerprint density at radius 1 is 1.03 bits per heavy atom. The minimum atomic E-state index is -3.24. The Balaban J connectivity index is 2.04. The molecule has 0 aliphatic carbocycles. The van der Waals surface area contributed by atoms with Gasteiger partial charge in [0.25, 0.3) is 0 Å². The highest BCUT2D eigenvalue weighted by molar-refractivity contribution is 7.90. The summed E-state index contributed by atoms with van der Waals surface area (Å²) in [5.41, 5.74) is 5.26. The molecule has 0 aliphatic rings. The molecule has 5 nitrogen and oxygen atoms in total. The Morgan fingerprint density at radius 3 is 2.23 bits per heavy atom. The van der Waals surface area contributed by atoms with E-state index >= 15 is 0 Å². The third-order valence-electron chi connectivity index (χ3n) is 5.39. The van der Waals surface area contributed by atoms with E-state index in [2.05, 4.69) is 29.7 Å². The van der Waals surface area contributed by atoms with Crippen LogP contribution in [0.4, 0.5) is 0 Å². The fourth-order valence-corrected chi connectivity index (χ4v) is 4.22. The summed E-state index contributed by atoms with van der Waals surface area (Å²) in [4.78, 5) is 14.0. The van der Waals surface area contributed by atoms with Crippen LogP contribution in [0.5, 0.6) is 0 Å². The molecule has 6 heteroatoms. The number of amides is 1. The van der Waals surface area contributed by atoms with Crippen molar-refractivity contribution in [1.82, 2.24) is 9.47 Å². The molecule has 1 heterocycles. The van der Waals surface area contributed by atoms with Crippen LogP contribution in [0.3, 0.4) is 0 Å². The average molecular weight is 425 g/mol. The third-order valence-corrected chi connectivity index (χ3v) is 6.52. The van der Waals surface area contributed by atoms with Gasteiger partial charge in [0, 0.05) is 37.7 Å². The number of rotatable bonds is 7. The lowest BCUT2D eigenvalue weighted by atomic mass is 10.1. The molecule has 0 aliphatic heterocycles. The Morgan fingerprint density at radius 2 is 1.67 bits per heavy atom. The van der Waals surface area contributed by atoms with Gasteiger partial charge in [-0.1, -0.05) is 37.3 Å². The first-order valence-electron chi connectivity index (χ1n) is 10.0. The van der Waals surface area contributed by atoms with Crippen molar-refractivity contribution in [1.29, 1.82) is 0 Å². The Hall–Kier alpha value is -2.86. The Kier molecular flexibility index (Phi) is 6.46. The SMILES string of the molecule is CCC(=O)N(C)CCc1cc(-c2ccc(S(C)(=O)=O)cc2)n(-c2ccccc2)c1C. The highest BCUT2D eigenvalue weighted by Gasteiger charge is 2.17. The lowest BCUT2D eigenvalue weighted by Gasteiger charge is -2.16. The molecule has 2 aromatic carbocycles. The van der Waals surface area contributed by atoms with Crippen LogP contribution >= 0.6 is 0 Å². The van der Waals surface area contributed by atoms with Gasteiger partial charge in [-0.2, -0.15) is 0 Å². The minimum absolute atomic E-state index is 0.131. The fraction of sp³-hybridized carbons (Fsp3) is 0.292. The van der Waals surface area contributed by atoms with Crippen LogP contribution in [0, 0.1) is 6.92 Å². The van der Waals surface area contributed by atoms with E-state index in [1.165, 1.54) is 6.26 Å². The minimum Gasteiger partial charge on any atom is -0.345 e. The topological polar surface area (TPSA) is 59.4 Å². The molecule has 0 fully saturated rings. The summed E-state index contributed by atoms with van der Waals surface area (Å²) in [6.45, 7) is 4.60. The molecule has 0 atom stereocenters. The largest absolute Gasteiger partial charge is 0.345 e. The second-order valence-corrected chi connectivity index (χ2v) is 9.54. The maximum Gasteiger partial charge on any atom is 0.222 e. The zero-order valence-electron chi connectivity index (χ0n) is 17.9. The number of sulfone groups is 1. The van der Waals surface area contributed by atoms with Crippen molar-refractivity contribution in [3.8, 4) is 16.9 Å². The number of benzene rings is 2. The average Bonchev–Trinajstić information content (AvgIpc) is 3.07. The maximum atomic E-state index is 11.9. The van der Waals surface area contributed by atoms with Gasteiger partial charge in [0.15, 0.2) is 9.84 Å². The van der Waals surface area contributed by atoms with Gasteiger partial charge >= 0.3 is 0 Å². The van der Waals surface area contributed by atoms with Gasteiger partial charge in [0.1, 0.15) is 0 Å². The first kappa shape index (κ1) is 21.8. The van der Waals surface area contributed by atoms with Gasteiger partial charge in [0.05, 0.1) is 10.6 Å². The number of carbonyl (C=O) groups excluding carboxylic acids is 1. The fourth-order valence-electron chi connectivity index (χ4n) is 3.59. The van der Waals surface area contributed by atoms with Gasteiger partial charge in [-0.05, 0) is 54.8 Å². The quantitative estimate of drug-likeness (QED) is 0.569. The van der Waals surface area contributed by atoms with Crippen molar-refractivity contribution >= 4 is 15.7 Å². The van der Waals surface area contributed by atoms with Crippen LogP contribution in [0.2, 0.25) is 0 Å². The molecule has 1 amide bonds. The van der Waals surface area contributed by atoms with E-state index in [-0.39, 0.29) is 5.91 Å². The molecule has 0 saturated carbocycles. The molecule has 0 N–H and O–H groups in total. The number of hydrogen-bond acceptors (Lipinski definition) is 3. The van der Waals surface area contributed by atoms with Crippen molar-refractivity contribution in [3.05, 3.63) is 71.9 Å². The molecule has 158 valence electrons. The van der Waals surface area contributed by atoms with Crippen LogP contribution in [0.1, 0.15) is 24.6 Å². The van der Waals surface area contributed by atoms with E-state index in [1.807, 2.05) is 44.3 Å². The van der Waals surface area contributed by atoms with E-state index in [0.717, 1.165) is 34.6 Å². The molecular formula is C24H28N2O3S. The zero-order chi connectivity index (χ0) is 21.9. The predicted octanol–water partition coefficient (Wildman–Crippen LogP) is 4.27. The van der Waals surface area contributed by atoms with Gasteiger partial charge < -0.3 is 9.47 Å². The molecule has 3 aromatic rings. The van der Waals surface area contributed by atoms with E-state index in [1.54, 1.807) is 17.0 Å². The smallest absolute Gasteiger partial charge is 0.222 e. The first-order valence-corrected chi connectivity index (χ1v) is 11.9. The van der Waals surface area contributed by atoms with Gasteiger partial charge in [-0.25, -0.2) is 8.42 Å². The second-order valence-electron chi connectivity index (χ2n) is 7.53. The van der Waals surface area contributed by atoms with Gasteiger partial charge in [-0.3, -0.25) is 4.79 Å². The van der Waals surface area contributed by atoms with Crippen LogP contribution in [0.15, 0.2) is 65.6 Å². The molecule has 0 unspecified atom stereocenters. The van der Waals surface area contributed by atoms with Gasteiger partial charge in [-0.15, -0.1) is 0 Å². The summed E-state index contributed by atoms with van der Waals surface area (Å²) in [6.07, 6.45) is 2.46. The van der Waals surface area contributed by atoms with Crippen LogP contribution in [-0.4, -0.2) is 43.6 Å². The summed E-state index contributed by atoms with van der Waals surface area (Å²) >= 11 is 0. The van der Waals surface area contributed by atoms with Crippen LogP contribution in [-0.2, 0) is 21.1 Å². The number of para-hydroxylation sites is 1. The van der Waals surface area contributed by atoms with E-state index in [4.69, 9.17) is 0 Å². The van der Waals surface area contributed by atoms with Crippen molar-refractivity contribution in [2.75, 3.05) is 19.8 Å². The number of likely N-dealkylation sites (N-methyl/N-ethyl adjacent to an activating group) is 1. The Labute approximate surface area is 178 Å². The zero-order valence-corrected chi connectivity index (χ0v) is 18.7. The van der Waals surface area contributed by atoms with E-state index < -0.39 is 9.84 Å². The summed E-state index contributed by atoms with van der Waals surface area (Å²) in [5, 5.41) is 0. The van der Waals surface area contributed by atoms with Crippen LogP contribution < -0.4 is 0 Å². The second kappa shape index (κ2) is 8.88. The highest BCUT2D eigenvalue weighted by atomic mass is 32.2. The van der Waals surface area contributed by atoms with Crippen molar-refractivity contribution in [2.45, 2.75) is 31.6 Å². The monoisotopic (exact) mass is 424 g/mol. The lowest BCUT2D eigenvalue weighted by molar-refractivity contribution is -0.129. The summed E-state index contributed by atoms with van der Waals surface area (Å²) in [6, 6.07) is 19.2. The van der Waals surface area contributed by atoms with E-state index in [9.17, 15) is 13.2 Å². The summed E-state index contributed by atoms with van der Waals surface area (Å²) in [5.74, 6) is 0.131. The maximum absolute atomic E-state index is 11.9. The molecular weight excluding hydrogens is 396 g/mol. The molecule has 30 heavy (non-hydrogen) atoms. The van der Waals surface area contributed by atoms with E-state index in [0.29, 0.717) is 17.9 Å². The number of hydrogen-bond donors (Lipinski definition) is 0. The normalized spacial score (nSPS) is 11.5. The van der Waals surface area contributed by atoms with Gasteiger partial charge in [0.2, 0.25) is 5.91 Å². The number of carbonyl (C=O) groups is 1. The first-order chi connectivity index (χ1) is 14.2. The van der Waals surface area contributed by atoms with Crippen molar-refractivity contribution in [3.63, 3.8) is 0 Å². The molecule has 0 radical (unpaired) electrons. The summed E-state index contributed by atoms with van der Waals surface area (Å²) in [7, 11) is -1.41. The van der Waals surface area contributed by atoms with Crippen molar-refractivity contribution < 1.29 is 13.2 Å². The molecule has 0 saturated heterocycles. The highest BCUT2D eigenvalue weighted by Crippen LogP contribution is 2.30. The number of aromatic nitrogens is 1. The third kappa shape index (κ3) is 4.65. The standard InChI is InChI=1S/C24H28N2O3S/c1-5-24(27)25(3)16-15-20-17-23(19-11-13-22(14-12-19)30(4,28)29)26(18(20)2)21-9-7-6-8-10-21/h6-14,17H,5,15-16H2,1-4H3.